The van der Waals surface area contributed by atoms with Crippen LogP contribution >= 0.6 is 15.9 Å². The van der Waals surface area contributed by atoms with Gasteiger partial charge >= 0.3 is 0 Å². The third-order valence-electron chi connectivity index (χ3n) is 4.07. The van der Waals surface area contributed by atoms with Crippen molar-refractivity contribution < 1.29 is 14.3 Å². The van der Waals surface area contributed by atoms with Crippen molar-refractivity contribution in [2.45, 2.75) is 13.3 Å². The number of halogens is 1. The molecule has 0 unspecified atom stereocenters. The van der Waals surface area contributed by atoms with Crippen LogP contribution in [0.3, 0.4) is 0 Å². The first kappa shape index (κ1) is 20.6. The minimum atomic E-state index is -0.270. The topological polar surface area (TPSA) is 67.4 Å². The van der Waals surface area contributed by atoms with Crippen LogP contribution in [0.25, 0.3) is 0 Å². The van der Waals surface area contributed by atoms with Gasteiger partial charge in [-0.1, -0.05) is 31.2 Å². The molecule has 3 rings (SSSR count). The zero-order valence-electron chi connectivity index (χ0n) is 15.9. The summed E-state index contributed by atoms with van der Waals surface area (Å²) in [6.07, 6.45) is 0.906. The predicted molar refractivity (Wildman–Crippen MR) is 119 cm³/mol. The number of para-hydroxylation sites is 1. The fourth-order valence-electron chi connectivity index (χ4n) is 2.64. The number of benzene rings is 3. The molecule has 2 amide bonds. The predicted octanol–water partition coefficient (Wildman–Crippen LogP) is 5.74. The fourth-order valence-corrected chi connectivity index (χ4v) is 3.13. The molecular weight excluding hydrogens is 432 g/mol. The highest BCUT2D eigenvalue weighted by atomic mass is 79.9. The van der Waals surface area contributed by atoms with Crippen molar-refractivity contribution in [3.63, 3.8) is 0 Å². The molecule has 0 aliphatic heterocycles. The van der Waals surface area contributed by atoms with Crippen LogP contribution in [0.5, 0.6) is 5.75 Å². The molecule has 0 saturated heterocycles. The summed E-state index contributed by atoms with van der Waals surface area (Å²) in [6, 6.07) is 21.2. The van der Waals surface area contributed by atoms with Crippen molar-refractivity contribution in [1.29, 1.82) is 0 Å². The summed E-state index contributed by atoms with van der Waals surface area (Å²) in [5, 5.41) is 5.66. The highest BCUT2D eigenvalue weighted by Crippen LogP contribution is 2.26. The molecule has 2 N–H and O–H groups in total. The normalized spacial score (nSPS) is 10.3. The van der Waals surface area contributed by atoms with Gasteiger partial charge in [-0.2, -0.15) is 0 Å². The molecule has 5 nitrogen and oxygen atoms in total. The molecule has 0 spiro atoms. The number of ether oxygens (including phenoxy) is 1. The second-order valence-electron chi connectivity index (χ2n) is 6.35. The van der Waals surface area contributed by atoms with Gasteiger partial charge in [-0.05, 0) is 70.9 Å². The Balaban J connectivity index is 1.69. The Morgan fingerprint density at radius 2 is 1.48 bits per heavy atom. The number of anilines is 2. The third kappa shape index (κ3) is 5.68. The molecule has 0 fully saturated rings. The number of carbonyl (C=O) groups excluding carboxylic acids is 2. The SMILES string of the molecule is CCCOc1ccc(C(=O)Nc2cccc(C(=O)Nc3ccccc3)c2)cc1Br. The van der Waals surface area contributed by atoms with Crippen molar-refractivity contribution in [3.8, 4) is 5.75 Å². The van der Waals surface area contributed by atoms with E-state index in [1.165, 1.54) is 0 Å². The van der Waals surface area contributed by atoms with Gasteiger partial charge in [0.05, 0.1) is 11.1 Å². The monoisotopic (exact) mass is 452 g/mol. The number of hydrogen-bond donors (Lipinski definition) is 2. The first-order valence-corrected chi connectivity index (χ1v) is 10.1. The van der Waals surface area contributed by atoms with Crippen LogP contribution in [0.4, 0.5) is 11.4 Å². The highest BCUT2D eigenvalue weighted by molar-refractivity contribution is 9.10. The van der Waals surface area contributed by atoms with Crippen LogP contribution < -0.4 is 15.4 Å². The van der Waals surface area contributed by atoms with Crippen LogP contribution in [0, 0.1) is 0 Å². The highest BCUT2D eigenvalue weighted by Gasteiger charge is 2.12. The lowest BCUT2D eigenvalue weighted by Crippen LogP contribution is -2.14. The first-order valence-electron chi connectivity index (χ1n) is 9.27. The van der Waals surface area contributed by atoms with E-state index in [4.69, 9.17) is 4.74 Å². The molecule has 0 bridgehead atoms. The van der Waals surface area contributed by atoms with Crippen molar-refractivity contribution in [1.82, 2.24) is 0 Å². The second-order valence-corrected chi connectivity index (χ2v) is 7.20. The molecule has 3 aromatic carbocycles. The van der Waals surface area contributed by atoms with Gasteiger partial charge < -0.3 is 15.4 Å². The van der Waals surface area contributed by atoms with Gasteiger partial charge in [0.15, 0.2) is 0 Å². The molecule has 0 atom stereocenters. The Morgan fingerprint density at radius 3 is 2.17 bits per heavy atom. The largest absolute Gasteiger partial charge is 0.492 e. The Morgan fingerprint density at radius 1 is 0.828 bits per heavy atom. The second kappa shape index (κ2) is 9.89. The molecule has 6 heteroatoms. The number of hydrogen-bond acceptors (Lipinski definition) is 3. The Bertz CT molecular complexity index is 1010. The Labute approximate surface area is 178 Å². The molecule has 0 heterocycles. The molecule has 0 aliphatic carbocycles. The first-order chi connectivity index (χ1) is 14.1. The van der Waals surface area contributed by atoms with E-state index in [0.29, 0.717) is 34.9 Å². The number of rotatable bonds is 7. The number of amides is 2. The average molecular weight is 453 g/mol. The van der Waals surface area contributed by atoms with E-state index in [1.54, 1.807) is 42.5 Å². The molecular formula is C23H21BrN2O3. The maximum atomic E-state index is 12.6. The maximum Gasteiger partial charge on any atom is 0.255 e. The van der Waals surface area contributed by atoms with Gasteiger partial charge in [-0.25, -0.2) is 0 Å². The summed E-state index contributed by atoms with van der Waals surface area (Å²) in [6.45, 7) is 2.64. The molecule has 0 saturated carbocycles. The lowest BCUT2D eigenvalue weighted by molar-refractivity contribution is 0.101. The van der Waals surface area contributed by atoms with E-state index in [-0.39, 0.29) is 11.8 Å². The van der Waals surface area contributed by atoms with Crippen LogP contribution in [0.2, 0.25) is 0 Å². The zero-order chi connectivity index (χ0) is 20.6. The summed E-state index contributed by atoms with van der Waals surface area (Å²) >= 11 is 3.44. The Hall–Kier alpha value is -3.12. The minimum Gasteiger partial charge on any atom is -0.492 e. The van der Waals surface area contributed by atoms with E-state index < -0.39 is 0 Å². The summed E-state index contributed by atoms with van der Waals surface area (Å²) in [4.78, 5) is 25.0. The minimum absolute atomic E-state index is 0.243. The van der Waals surface area contributed by atoms with E-state index in [1.807, 2.05) is 37.3 Å². The van der Waals surface area contributed by atoms with Crippen molar-refractivity contribution in [3.05, 3.63) is 88.4 Å². The van der Waals surface area contributed by atoms with Crippen molar-refractivity contribution in [2.75, 3.05) is 17.2 Å². The van der Waals surface area contributed by atoms with Gasteiger partial charge in [-0.3, -0.25) is 9.59 Å². The molecule has 0 radical (unpaired) electrons. The van der Waals surface area contributed by atoms with Gasteiger partial charge in [0.1, 0.15) is 5.75 Å². The summed E-state index contributed by atoms with van der Waals surface area (Å²) in [5.74, 6) is 0.184. The lowest BCUT2D eigenvalue weighted by atomic mass is 10.1. The zero-order valence-corrected chi connectivity index (χ0v) is 17.5. The summed E-state index contributed by atoms with van der Waals surface area (Å²) < 4.78 is 6.32. The quantitative estimate of drug-likeness (QED) is 0.479. The van der Waals surface area contributed by atoms with Crippen LogP contribution in [-0.4, -0.2) is 18.4 Å². The van der Waals surface area contributed by atoms with Gasteiger partial charge in [0, 0.05) is 22.5 Å². The molecule has 29 heavy (non-hydrogen) atoms. The smallest absolute Gasteiger partial charge is 0.255 e. The molecule has 3 aromatic rings. The fraction of sp³-hybridized carbons (Fsp3) is 0.130. The number of nitrogens with one attached hydrogen (secondary N) is 2. The van der Waals surface area contributed by atoms with E-state index in [9.17, 15) is 9.59 Å². The molecule has 0 aromatic heterocycles. The maximum absolute atomic E-state index is 12.6. The summed E-state index contributed by atoms with van der Waals surface area (Å²) in [7, 11) is 0. The number of carbonyl (C=O) groups is 2. The van der Waals surface area contributed by atoms with Crippen LogP contribution in [0.15, 0.2) is 77.3 Å². The van der Waals surface area contributed by atoms with E-state index >= 15 is 0 Å². The van der Waals surface area contributed by atoms with Crippen molar-refractivity contribution >= 4 is 39.1 Å². The van der Waals surface area contributed by atoms with Crippen LogP contribution in [0.1, 0.15) is 34.1 Å². The van der Waals surface area contributed by atoms with Crippen molar-refractivity contribution in [2.24, 2.45) is 0 Å². The van der Waals surface area contributed by atoms with Gasteiger partial charge in [-0.15, -0.1) is 0 Å². The van der Waals surface area contributed by atoms with Crippen LogP contribution in [-0.2, 0) is 0 Å². The lowest BCUT2D eigenvalue weighted by Gasteiger charge is -2.10. The van der Waals surface area contributed by atoms with Gasteiger partial charge in [0.25, 0.3) is 11.8 Å². The van der Waals surface area contributed by atoms with Gasteiger partial charge in [0.2, 0.25) is 0 Å². The molecule has 0 aliphatic rings. The molecule has 148 valence electrons. The Kier molecular flexibility index (Phi) is 7.03. The summed E-state index contributed by atoms with van der Waals surface area (Å²) in [5.41, 5.74) is 2.19. The third-order valence-corrected chi connectivity index (χ3v) is 4.69. The average Bonchev–Trinajstić information content (AvgIpc) is 2.73. The standard InChI is InChI=1S/C23H21BrN2O3/c1-2-13-29-21-12-11-17(15-20(21)24)23(28)26-19-10-6-7-16(14-19)22(27)25-18-8-4-3-5-9-18/h3-12,14-15H,2,13H2,1H3,(H,25,27)(H,26,28). The van der Waals surface area contributed by atoms with E-state index in [0.717, 1.165) is 10.9 Å². The van der Waals surface area contributed by atoms with E-state index in [2.05, 4.69) is 26.6 Å².